The quantitative estimate of drug-likeness (QED) is 0.672. The van der Waals surface area contributed by atoms with E-state index in [1.807, 2.05) is 7.05 Å². The number of hydrogen-bond donors (Lipinski definition) is 2. The summed E-state index contributed by atoms with van der Waals surface area (Å²) in [6, 6.07) is 4.70. The molecule has 1 atom stereocenters. The number of piperidine rings is 1. The maximum atomic E-state index is 13.1. The van der Waals surface area contributed by atoms with Crippen molar-refractivity contribution in [2.75, 3.05) is 26.7 Å². The third-order valence-corrected chi connectivity index (χ3v) is 4.46. The summed E-state index contributed by atoms with van der Waals surface area (Å²) < 4.78 is 13.1. The number of hydrogen-bond acceptors (Lipinski definition) is 3. The highest BCUT2D eigenvalue weighted by Crippen LogP contribution is 2.21. The van der Waals surface area contributed by atoms with Crippen LogP contribution in [-0.2, 0) is 11.3 Å². The van der Waals surface area contributed by atoms with Gasteiger partial charge in [-0.15, -0.1) is 24.8 Å². The standard InChI is InChI=1S/C17H25ClFN3O.2ClH/c1-20-8-2-5-17(23)21-15-4-3-9-22(12-15)11-13-6-7-14(19)10-16(13)18;;/h6-7,10,15,20H,2-5,8-9,11-12H2,1H3,(H,21,23);2*1H. The van der Waals surface area contributed by atoms with E-state index in [9.17, 15) is 9.18 Å². The van der Waals surface area contributed by atoms with E-state index >= 15 is 0 Å². The average Bonchev–Trinajstić information content (AvgIpc) is 2.51. The van der Waals surface area contributed by atoms with E-state index in [0.29, 0.717) is 18.0 Å². The molecule has 0 aromatic heterocycles. The Kier molecular flexibility index (Phi) is 12.4. The van der Waals surface area contributed by atoms with E-state index in [1.165, 1.54) is 12.1 Å². The second-order valence-electron chi connectivity index (χ2n) is 6.08. The molecule has 0 saturated carbocycles. The summed E-state index contributed by atoms with van der Waals surface area (Å²) in [5, 5.41) is 6.62. The molecular weight excluding hydrogens is 388 g/mol. The highest BCUT2D eigenvalue weighted by atomic mass is 35.5. The highest BCUT2D eigenvalue weighted by Gasteiger charge is 2.21. The number of halogens is 4. The predicted octanol–water partition coefficient (Wildman–Crippen LogP) is 3.40. The van der Waals surface area contributed by atoms with Gasteiger partial charge in [-0.3, -0.25) is 9.69 Å². The second kappa shape index (κ2) is 12.7. The normalized spacial score (nSPS) is 17.3. The molecule has 1 aromatic carbocycles. The number of likely N-dealkylation sites (tertiary alicyclic amines) is 1. The Morgan fingerprint density at radius 1 is 1.40 bits per heavy atom. The van der Waals surface area contributed by atoms with E-state index in [-0.39, 0.29) is 42.6 Å². The number of nitrogens with one attached hydrogen (secondary N) is 2. The summed E-state index contributed by atoms with van der Waals surface area (Å²) in [6.45, 7) is 3.32. The van der Waals surface area contributed by atoms with Gasteiger partial charge < -0.3 is 10.6 Å². The number of nitrogens with zero attached hydrogens (tertiary/aromatic N) is 1. The minimum absolute atomic E-state index is 0. The van der Waals surface area contributed by atoms with Gasteiger partial charge in [-0.05, 0) is 57.1 Å². The van der Waals surface area contributed by atoms with Crippen molar-refractivity contribution in [1.29, 1.82) is 0 Å². The molecule has 25 heavy (non-hydrogen) atoms. The summed E-state index contributed by atoms with van der Waals surface area (Å²) in [6.07, 6.45) is 3.46. The summed E-state index contributed by atoms with van der Waals surface area (Å²) in [5.41, 5.74) is 0.925. The molecule has 0 spiro atoms. The second-order valence-corrected chi connectivity index (χ2v) is 6.49. The lowest BCUT2D eigenvalue weighted by atomic mass is 10.0. The monoisotopic (exact) mass is 413 g/mol. The summed E-state index contributed by atoms with van der Waals surface area (Å²) in [5.74, 6) is -0.198. The summed E-state index contributed by atoms with van der Waals surface area (Å²) >= 11 is 6.10. The molecule has 4 nitrogen and oxygen atoms in total. The van der Waals surface area contributed by atoms with Crippen LogP contribution in [0.3, 0.4) is 0 Å². The fourth-order valence-corrected chi connectivity index (χ4v) is 3.16. The minimum Gasteiger partial charge on any atom is -0.352 e. The van der Waals surface area contributed by atoms with Crippen LogP contribution in [0.2, 0.25) is 5.02 Å². The van der Waals surface area contributed by atoms with Gasteiger partial charge in [0.1, 0.15) is 5.82 Å². The van der Waals surface area contributed by atoms with Crippen LogP contribution in [0.4, 0.5) is 4.39 Å². The van der Waals surface area contributed by atoms with Crippen molar-refractivity contribution in [2.45, 2.75) is 38.3 Å². The summed E-state index contributed by atoms with van der Waals surface area (Å²) in [7, 11) is 1.89. The Labute approximate surface area is 166 Å². The fraction of sp³-hybridized carbons (Fsp3) is 0.588. The fourth-order valence-electron chi connectivity index (χ4n) is 2.93. The van der Waals surface area contributed by atoms with Gasteiger partial charge in [0, 0.05) is 30.6 Å². The van der Waals surface area contributed by atoms with Gasteiger partial charge in [0.15, 0.2) is 0 Å². The smallest absolute Gasteiger partial charge is 0.220 e. The van der Waals surface area contributed by atoms with E-state index in [2.05, 4.69) is 15.5 Å². The molecule has 0 bridgehead atoms. The topological polar surface area (TPSA) is 44.4 Å². The van der Waals surface area contributed by atoms with Gasteiger partial charge in [-0.2, -0.15) is 0 Å². The highest BCUT2D eigenvalue weighted by molar-refractivity contribution is 6.31. The van der Waals surface area contributed by atoms with Crippen LogP contribution in [0, 0.1) is 5.82 Å². The zero-order valence-corrected chi connectivity index (χ0v) is 16.8. The van der Waals surface area contributed by atoms with Gasteiger partial charge in [0.2, 0.25) is 5.91 Å². The molecule has 0 radical (unpaired) electrons. The Morgan fingerprint density at radius 3 is 2.84 bits per heavy atom. The molecule has 2 rings (SSSR count). The largest absolute Gasteiger partial charge is 0.352 e. The number of benzene rings is 1. The molecule has 1 heterocycles. The minimum atomic E-state index is -0.316. The lowest BCUT2D eigenvalue weighted by Crippen LogP contribution is -2.47. The first-order valence-corrected chi connectivity index (χ1v) is 8.56. The number of amides is 1. The molecule has 144 valence electrons. The molecule has 8 heteroatoms. The predicted molar refractivity (Wildman–Crippen MR) is 106 cm³/mol. The third-order valence-electron chi connectivity index (χ3n) is 4.11. The van der Waals surface area contributed by atoms with Crippen LogP contribution in [0.25, 0.3) is 0 Å². The van der Waals surface area contributed by atoms with Crippen LogP contribution >= 0.6 is 36.4 Å². The van der Waals surface area contributed by atoms with Crippen molar-refractivity contribution in [1.82, 2.24) is 15.5 Å². The number of rotatable bonds is 7. The van der Waals surface area contributed by atoms with Crippen molar-refractivity contribution >= 4 is 42.3 Å². The molecule has 1 amide bonds. The molecule has 1 aromatic rings. The zero-order chi connectivity index (χ0) is 16.7. The van der Waals surface area contributed by atoms with Crippen LogP contribution in [-0.4, -0.2) is 43.5 Å². The average molecular weight is 415 g/mol. The van der Waals surface area contributed by atoms with Crippen molar-refractivity contribution in [2.24, 2.45) is 0 Å². The van der Waals surface area contributed by atoms with Gasteiger partial charge in [0.25, 0.3) is 0 Å². The SMILES string of the molecule is CNCCCC(=O)NC1CCCN(Cc2ccc(F)cc2Cl)C1.Cl.Cl. The maximum absolute atomic E-state index is 13.1. The first-order valence-electron chi connectivity index (χ1n) is 8.18. The molecule has 1 saturated heterocycles. The molecular formula is C17H27Cl3FN3O. The lowest BCUT2D eigenvalue weighted by molar-refractivity contribution is -0.122. The Hall–Kier alpha value is -0.590. The molecule has 1 aliphatic rings. The first kappa shape index (κ1) is 24.4. The van der Waals surface area contributed by atoms with Crippen LogP contribution in [0.1, 0.15) is 31.2 Å². The van der Waals surface area contributed by atoms with Crippen LogP contribution < -0.4 is 10.6 Å². The van der Waals surface area contributed by atoms with Crippen LogP contribution in [0.5, 0.6) is 0 Å². The summed E-state index contributed by atoms with van der Waals surface area (Å²) in [4.78, 5) is 14.2. The zero-order valence-electron chi connectivity index (χ0n) is 14.4. The van der Waals surface area contributed by atoms with E-state index < -0.39 is 0 Å². The van der Waals surface area contributed by atoms with E-state index in [0.717, 1.165) is 44.5 Å². The van der Waals surface area contributed by atoms with E-state index in [1.54, 1.807) is 6.07 Å². The Bertz CT molecular complexity index is 534. The Morgan fingerprint density at radius 2 is 2.16 bits per heavy atom. The molecule has 1 aliphatic heterocycles. The molecule has 1 unspecified atom stereocenters. The number of carbonyl (C=O) groups excluding carboxylic acids is 1. The first-order chi connectivity index (χ1) is 11.1. The van der Waals surface area contributed by atoms with Crippen molar-refractivity contribution < 1.29 is 9.18 Å². The van der Waals surface area contributed by atoms with Crippen LogP contribution in [0.15, 0.2) is 18.2 Å². The molecule has 1 fully saturated rings. The number of carbonyl (C=O) groups is 1. The van der Waals surface area contributed by atoms with Crippen molar-refractivity contribution in [3.63, 3.8) is 0 Å². The van der Waals surface area contributed by atoms with Gasteiger partial charge >= 0.3 is 0 Å². The molecule has 0 aliphatic carbocycles. The van der Waals surface area contributed by atoms with Gasteiger partial charge in [-0.25, -0.2) is 4.39 Å². The van der Waals surface area contributed by atoms with Crippen molar-refractivity contribution in [3.05, 3.63) is 34.6 Å². The van der Waals surface area contributed by atoms with Gasteiger partial charge in [-0.1, -0.05) is 17.7 Å². The third kappa shape index (κ3) is 8.56. The molecule has 2 N–H and O–H groups in total. The van der Waals surface area contributed by atoms with Gasteiger partial charge in [0.05, 0.1) is 0 Å². The Balaban J connectivity index is 0.00000288. The lowest BCUT2D eigenvalue weighted by Gasteiger charge is -2.33. The van der Waals surface area contributed by atoms with E-state index in [4.69, 9.17) is 11.6 Å². The van der Waals surface area contributed by atoms with Crippen molar-refractivity contribution in [3.8, 4) is 0 Å². The maximum Gasteiger partial charge on any atom is 0.220 e.